The van der Waals surface area contributed by atoms with E-state index < -0.39 is 12.1 Å². The van der Waals surface area contributed by atoms with E-state index in [4.69, 9.17) is 16.3 Å². The van der Waals surface area contributed by atoms with E-state index in [0.29, 0.717) is 16.3 Å². The zero-order chi connectivity index (χ0) is 11.4. The molecule has 0 aliphatic heterocycles. The number of halogens is 1. The summed E-state index contributed by atoms with van der Waals surface area (Å²) in [5.74, 6) is -0.264. The van der Waals surface area contributed by atoms with Crippen LogP contribution in [-0.4, -0.2) is 25.3 Å². The highest BCUT2D eigenvalue weighted by molar-refractivity contribution is 6.30. The van der Waals surface area contributed by atoms with Crippen LogP contribution < -0.4 is 4.74 Å². The van der Waals surface area contributed by atoms with Gasteiger partial charge in [0.2, 0.25) is 0 Å². The van der Waals surface area contributed by atoms with Gasteiger partial charge in [-0.2, -0.15) is 0 Å². The van der Waals surface area contributed by atoms with Gasteiger partial charge >= 0.3 is 5.97 Å². The van der Waals surface area contributed by atoms with E-state index in [9.17, 15) is 9.90 Å². The Bertz CT molecular complexity index is 364. The summed E-state index contributed by atoms with van der Waals surface area (Å²) in [5, 5.41) is 9.93. The molecule has 1 rings (SSSR count). The predicted molar refractivity (Wildman–Crippen MR) is 55.0 cm³/mol. The number of aliphatic hydroxyl groups is 1. The summed E-state index contributed by atoms with van der Waals surface area (Å²) in [7, 11) is 2.67. The van der Waals surface area contributed by atoms with Crippen LogP contribution in [0.25, 0.3) is 0 Å². The number of aliphatic hydroxyl groups excluding tert-OH is 1. The fourth-order valence-corrected chi connectivity index (χ4v) is 1.34. The number of esters is 1. The smallest absolute Gasteiger partial charge is 0.339 e. The van der Waals surface area contributed by atoms with Crippen LogP contribution in [0.15, 0.2) is 18.2 Å². The second-order valence-corrected chi connectivity index (χ2v) is 3.29. The molecule has 1 unspecified atom stereocenters. The molecule has 82 valence electrons. The van der Waals surface area contributed by atoms with E-state index in [1.54, 1.807) is 6.07 Å². The van der Waals surface area contributed by atoms with E-state index in [0.717, 1.165) is 0 Å². The molecule has 1 aromatic carbocycles. The first-order chi connectivity index (χ1) is 7.08. The molecule has 1 N–H and O–H groups in total. The summed E-state index contributed by atoms with van der Waals surface area (Å²) in [4.78, 5) is 11.1. The van der Waals surface area contributed by atoms with Crippen molar-refractivity contribution >= 4 is 17.6 Å². The lowest BCUT2D eigenvalue weighted by Gasteiger charge is -2.10. The lowest BCUT2D eigenvalue weighted by molar-refractivity contribution is -0.150. The standard InChI is InChI=1S/C10H11ClO4/c1-14-8-4-6(3-7(11)5-8)9(12)10(13)15-2/h3-5,9,12H,1-2H3. The third kappa shape index (κ3) is 2.84. The molecule has 0 amide bonds. The van der Waals surface area contributed by atoms with Gasteiger partial charge in [0.1, 0.15) is 5.75 Å². The Hall–Kier alpha value is -1.26. The molecule has 1 atom stereocenters. The Morgan fingerprint density at radius 1 is 1.40 bits per heavy atom. The van der Waals surface area contributed by atoms with Crippen molar-refractivity contribution in [3.63, 3.8) is 0 Å². The zero-order valence-corrected chi connectivity index (χ0v) is 9.12. The lowest BCUT2D eigenvalue weighted by atomic mass is 10.1. The second-order valence-electron chi connectivity index (χ2n) is 2.85. The van der Waals surface area contributed by atoms with E-state index in [2.05, 4.69) is 4.74 Å². The second kappa shape index (κ2) is 5.00. The average Bonchev–Trinajstić information content (AvgIpc) is 2.26. The molecule has 0 aromatic heterocycles. The SMILES string of the molecule is COC(=O)C(O)c1cc(Cl)cc(OC)c1. The normalized spacial score (nSPS) is 12.0. The number of carbonyl (C=O) groups is 1. The number of ether oxygens (including phenoxy) is 2. The molecule has 0 aliphatic carbocycles. The highest BCUT2D eigenvalue weighted by atomic mass is 35.5. The number of rotatable bonds is 3. The fourth-order valence-electron chi connectivity index (χ4n) is 1.11. The van der Waals surface area contributed by atoms with Gasteiger partial charge in [0, 0.05) is 5.02 Å². The quantitative estimate of drug-likeness (QED) is 0.801. The number of hydrogen-bond acceptors (Lipinski definition) is 4. The summed E-state index contributed by atoms with van der Waals surface area (Å²) in [6, 6.07) is 4.58. The van der Waals surface area contributed by atoms with Gasteiger partial charge in [0.15, 0.2) is 6.10 Å². The molecule has 15 heavy (non-hydrogen) atoms. The van der Waals surface area contributed by atoms with Crippen LogP contribution in [0.3, 0.4) is 0 Å². The highest BCUT2D eigenvalue weighted by Crippen LogP contribution is 2.25. The third-order valence-corrected chi connectivity index (χ3v) is 2.09. The molecular weight excluding hydrogens is 220 g/mol. The molecule has 0 fully saturated rings. The monoisotopic (exact) mass is 230 g/mol. The minimum atomic E-state index is -1.34. The first-order valence-electron chi connectivity index (χ1n) is 4.19. The summed E-state index contributed by atoms with van der Waals surface area (Å²) in [6.45, 7) is 0. The van der Waals surface area contributed by atoms with Crippen molar-refractivity contribution in [2.75, 3.05) is 14.2 Å². The van der Waals surface area contributed by atoms with E-state index in [1.165, 1.54) is 26.4 Å². The van der Waals surface area contributed by atoms with Crippen molar-refractivity contribution in [1.29, 1.82) is 0 Å². The largest absolute Gasteiger partial charge is 0.497 e. The molecule has 0 aliphatic rings. The van der Waals surface area contributed by atoms with Crippen molar-refractivity contribution < 1.29 is 19.4 Å². The number of methoxy groups -OCH3 is 2. The van der Waals surface area contributed by atoms with Crippen LogP contribution in [0, 0.1) is 0 Å². The molecule has 0 saturated carbocycles. The summed E-state index contributed by atoms with van der Waals surface area (Å²) >= 11 is 5.78. The third-order valence-electron chi connectivity index (χ3n) is 1.87. The maximum absolute atomic E-state index is 11.1. The van der Waals surface area contributed by atoms with Gasteiger partial charge in [-0.05, 0) is 23.8 Å². The minimum Gasteiger partial charge on any atom is -0.497 e. The summed E-state index contributed by atoms with van der Waals surface area (Å²) < 4.78 is 9.36. The molecule has 0 saturated heterocycles. The van der Waals surface area contributed by atoms with Gasteiger partial charge in [-0.25, -0.2) is 4.79 Å². The minimum absolute atomic E-state index is 0.339. The predicted octanol–water partition coefficient (Wildman–Crippen LogP) is 1.55. The zero-order valence-electron chi connectivity index (χ0n) is 8.36. The van der Waals surface area contributed by atoms with Crippen molar-refractivity contribution in [3.8, 4) is 5.75 Å². The van der Waals surface area contributed by atoms with Crippen molar-refractivity contribution in [2.45, 2.75) is 6.10 Å². The topological polar surface area (TPSA) is 55.8 Å². The van der Waals surface area contributed by atoms with Gasteiger partial charge in [-0.15, -0.1) is 0 Å². The van der Waals surface area contributed by atoms with Crippen LogP contribution in [0.2, 0.25) is 5.02 Å². The molecule has 5 heteroatoms. The van der Waals surface area contributed by atoms with Crippen LogP contribution in [-0.2, 0) is 9.53 Å². The van der Waals surface area contributed by atoms with Gasteiger partial charge in [-0.1, -0.05) is 11.6 Å². The van der Waals surface area contributed by atoms with Gasteiger partial charge in [0.25, 0.3) is 0 Å². The highest BCUT2D eigenvalue weighted by Gasteiger charge is 2.18. The first-order valence-corrected chi connectivity index (χ1v) is 4.56. The molecule has 0 spiro atoms. The lowest BCUT2D eigenvalue weighted by Crippen LogP contribution is -2.13. The van der Waals surface area contributed by atoms with E-state index >= 15 is 0 Å². The average molecular weight is 231 g/mol. The number of carbonyl (C=O) groups excluding carboxylic acids is 1. The van der Waals surface area contributed by atoms with Crippen LogP contribution >= 0.6 is 11.6 Å². The number of benzene rings is 1. The summed E-state index contributed by atoms with van der Waals surface area (Å²) in [5.41, 5.74) is 0.339. The maximum Gasteiger partial charge on any atom is 0.339 e. The van der Waals surface area contributed by atoms with Crippen molar-refractivity contribution in [3.05, 3.63) is 28.8 Å². The Balaban J connectivity index is 3.03. The molecule has 1 aromatic rings. The molecule has 4 nitrogen and oxygen atoms in total. The van der Waals surface area contributed by atoms with Crippen LogP contribution in [0.5, 0.6) is 5.75 Å². The van der Waals surface area contributed by atoms with Gasteiger partial charge < -0.3 is 14.6 Å². The molecule has 0 heterocycles. The fraction of sp³-hybridized carbons (Fsp3) is 0.300. The number of hydrogen-bond donors (Lipinski definition) is 1. The Labute approximate surface area is 92.4 Å². The molecule has 0 bridgehead atoms. The van der Waals surface area contributed by atoms with Crippen molar-refractivity contribution in [2.24, 2.45) is 0 Å². The molecule has 0 radical (unpaired) electrons. The van der Waals surface area contributed by atoms with E-state index in [1.807, 2.05) is 0 Å². The molecular formula is C10H11ClO4. The maximum atomic E-state index is 11.1. The Morgan fingerprint density at radius 3 is 2.60 bits per heavy atom. The Morgan fingerprint density at radius 2 is 2.07 bits per heavy atom. The van der Waals surface area contributed by atoms with Crippen LogP contribution in [0.1, 0.15) is 11.7 Å². The Kier molecular flexibility index (Phi) is 3.94. The summed E-state index contributed by atoms with van der Waals surface area (Å²) in [6.07, 6.45) is -1.34. The van der Waals surface area contributed by atoms with E-state index in [-0.39, 0.29) is 0 Å². The first kappa shape index (κ1) is 11.8. The van der Waals surface area contributed by atoms with Gasteiger partial charge in [-0.3, -0.25) is 0 Å². The van der Waals surface area contributed by atoms with Crippen molar-refractivity contribution in [1.82, 2.24) is 0 Å². The van der Waals surface area contributed by atoms with Gasteiger partial charge in [0.05, 0.1) is 14.2 Å². The van der Waals surface area contributed by atoms with Crippen LogP contribution in [0.4, 0.5) is 0 Å².